The topological polar surface area (TPSA) is 121 Å². The Morgan fingerprint density at radius 1 is 0.661 bits per heavy atom. The zero-order valence-corrected chi connectivity index (χ0v) is 37.2. The largest absolute Gasteiger partial charge is 0.472 e. The number of hydrogen-bond donors (Lipinski definition) is 1. The van der Waals surface area contributed by atoms with Crippen LogP contribution in [0.1, 0.15) is 174 Å². The molecule has 0 aromatic heterocycles. The molecule has 1 fully saturated rings. The molecular formula is C45H83NO9P+. The predicted molar refractivity (Wildman–Crippen MR) is 228 cm³/mol. The number of rotatable bonds is 39. The Kier molecular flexibility index (Phi) is 31.8. The van der Waals surface area contributed by atoms with Crippen LogP contribution in [0.2, 0.25) is 0 Å². The number of esters is 2. The first kappa shape index (κ1) is 52.2. The van der Waals surface area contributed by atoms with E-state index in [4.69, 9.17) is 23.3 Å². The molecule has 0 spiro atoms. The fraction of sp³-hybridized carbons (Fsp3) is 0.822. The molecule has 11 heteroatoms. The van der Waals surface area contributed by atoms with E-state index in [1.165, 1.54) is 96.3 Å². The first-order valence-corrected chi connectivity index (χ1v) is 23.8. The molecule has 1 heterocycles. The number of phosphoric acid groups is 1. The number of epoxide rings is 1. The summed E-state index contributed by atoms with van der Waals surface area (Å²) in [5.74, 6) is -0.866. The number of ether oxygens (including phenoxy) is 3. The van der Waals surface area contributed by atoms with Gasteiger partial charge in [0.15, 0.2) is 6.10 Å². The number of allylic oxidation sites excluding steroid dienone is 5. The van der Waals surface area contributed by atoms with Gasteiger partial charge in [-0.15, -0.1) is 0 Å². The van der Waals surface area contributed by atoms with E-state index in [1.54, 1.807) is 0 Å². The Hall–Kier alpha value is -1.81. The summed E-state index contributed by atoms with van der Waals surface area (Å²) >= 11 is 0. The molecule has 56 heavy (non-hydrogen) atoms. The van der Waals surface area contributed by atoms with E-state index in [2.05, 4.69) is 50.3 Å². The van der Waals surface area contributed by atoms with Gasteiger partial charge in [0.2, 0.25) is 0 Å². The zero-order chi connectivity index (χ0) is 41.2. The van der Waals surface area contributed by atoms with Gasteiger partial charge in [0.05, 0.1) is 40.0 Å². The lowest BCUT2D eigenvalue weighted by atomic mass is 10.0. The van der Waals surface area contributed by atoms with Crippen molar-refractivity contribution < 1.29 is 46.8 Å². The van der Waals surface area contributed by atoms with Crippen LogP contribution in [0.3, 0.4) is 0 Å². The van der Waals surface area contributed by atoms with Crippen molar-refractivity contribution in [2.24, 2.45) is 0 Å². The van der Waals surface area contributed by atoms with Crippen molar-refractivity contribution in [2.75, 3.05) is 47.5 Å². The molecule has 10 nitrogen and oxygen atoms in total. The maximum atomic E-state index is 12.7. The molecule has 0 saturated carbocycles. The summed E-state index contributed by atoms with van der Waals surface area (Å²) in [4.78, 5) is 35.3. The molecule has 1 saturated heterocycles. The fourth-order valence-electron chi connectivity index (χ4n) is 6.22. The first-order valence-electron chi connectivity index (χ1n) is 22.3. The second-order valence-corrected chi connectivity index (χ2v) is 17.9. The molecule has 0 aromatic rings. The van der Waals surface area contributed by atoms with E-state index in [9.17, 15) is 19.0 Å². The summed E-state index contributed by atoms with van der Waals surface area (Å²) in [7, 11) is 1.44. The predicted octanol–water partition coefficient (Wildman–Crippen LogP) is 11.5. The lowest BCUT2D eigenvalue weighted by molar-refractivity contribution is -0.870. The highest BCUT2D eigenvalue weighted by Gasteiger charge is 2.36. The zero-order valence-electron chi connectivity index (χ0n) is 36.3. The van der Waals surface area contributed by atoms with Gasteiger partial charge in [-0.05, 0) is 44.9 Å². The van der Waals surface area contributed by atoms with Crippen molar-refractivity contribution in [3.63, 3.8) is 0 Å². The number of likely N-dealkylation sites (N-methyl/N-ethyl adjacent to an activating group) is 1. The van der Waals surface area contributed by atoms with Crippen LogP contribution in [0.4, 0.5) is 0 Å². The SMILES string of the molecule is CCCCCCCCCCCCCCCCC(=O)O[C@H](COC(=O)CCC/C=C\C/C=C\C/C=C\CC1OC1CCCCC)COP(=O)(O)OCC[N+](C)(C)C. The Labute approximate surface area is 342 Å². The third-order valence-corrected chi connectivity index (χ3v) is 10.8. The third-order valence-electron chi connectivity index (χ3n) is 9.85. The van der Waals surface area contributed by atoms with Crippen molar-refractivity contribution in [1.82, 2.24) is 0 Å². The number of carbonyl (C=O) groups excluding carboxylic acids is 2. The molecule has 3 unspecified atom stereocenters. The molecule has 1 aliphatic heterocycles. The van der Waals surface area contributed by atoms with E-state index in [1.807, 2.05) is 21.1 Å². The summed E-state index contributed by atoms with van der Waals surface area (Å²) in [6.45, 7) is 4.32. The summed E-state index contributed by atoms with van der Waals surface area (Å²) in [6, 6.07) is 0. The molecule has 4 atom stereocenters. The van der Waals surface area contributed by atoms with Gasteiger partial charge in [-0.3, -0.25) is 18.6 Å². The minimum Gasteiger partial charge on any atom is -0.462 e. The van der Waals surface area contributed by atoms with E-state index < -0.39 is 32.5 Å². The Morgan fingerprint density at radius 2 is 1.20 bits per heavy atom. The van der Waals surface area contributed by atoms with E-state index in [-0.39, 0.29) is 26.1 Å². The third kappa shape index (κ3) is 34.3. The van der Waals surface area contributed by atoms with E-state index in [0.29, 0.717) is 36.1 Å². The lowest BCUT2D eigenvalue weighted by Gasteiger charge is -2.24. The molecule has 0 bridgehead atoms. The van der Waals surface area contributed by atoms with E-state index >= 15 is 0 Å². The lowest BCUT2D eigenvalue weighted by Crippen LogP contribution is -2.37. The number of carbonyl (C=O) groups is 2. The molecule has 1 N–H and O–H groups in total. The average Bonchev–Trinajstić information content (AvgIpc) is 3.90. The first-order chi connectivity index (χ1) is 27.0. The number of quaternary nitrogens is 1. The van der Waals surface area contributed by atoms with Gasteiger partial charge >= 0.3 is 19.8 Å². The number of phosphoric ester groups is 1. The number of unbranched alkanes of at least 4 members (excludes halogenated alkanes) is 16. The molecule has 0 radical (unpaired) electrons. The Bertz CT molecular complexity index is 1120. The molecule has 0 amide bonds. The second kappa shape index (κ2) is 34.1. The van der Waals surface area contributed by atoms with E-state index in [0.717, 1.165) is 38.5 Å². The van der Waals surface area contributed by atoms with Gasteiger partial charge in [-0.25, -0.2) is 4.57 Å². The van der Waals surface area contributed by atoms with Crippen LogP contribution in [0, 0.1) is 0 Å². The smallest absolute Gasteiger partial charge is 0.462 e. The highest BCUT2D eigenvalue weighted by molar-refractivity contribution is 7.47. The number of nitrogens with zero attached hydrogens (tertiary/aromatic N) is 1. The quantitative estimate of drug-likeness (QED) is 0.0161. The van der Waals surface area contributed by atoms with Crippen LogP contribution in [0.25, 0.3) is 0 Å². The van der Waals surface area contributed by atoms with Gasteiger partial charge in [0.1, 0.15) is 19.8 Å². The maximum Gasteiger partial charge on any atom is 0.472 e. The second-order valence-electron chi connectivity index (χ2n) is 16.5. The summed E-state index contributed by atoms with van der Waals surface area (Å²) in [5, 5.41) is 0. The molecule has 0 aliphatic carbocycles. The van der Waals surface area contributed by atoms with Crippen molar-refractivity contribution in [1.29, 1.82) is 0 Å². The van der Waals surface area contributed by atoms with Crippen LogP contribution in [0.5, 0.6) is 0 Å². The van der Waals surface area contributed by atoms with Crippen LogP contribution in [-0.4, -0.2) is 87.1 Å². The van der Waals surface area contributed by atoms with Gasteiger partial charge in [0, 0.05) is 12.8 Å². The molecule has 1 aliphatic rings. The van der Waals surface area contributed by atoms with Gasteiger partial charge < -0.3 is 23.6 Å². The summed E-state index contributed by atoms with van der Waals surface area (Å²) in [6.07, 6.45) is 39.4. The maximum absolute atomic E-state index is 12.7. The van der Waals surface area contributed by atoms with Crippen LogP contribution in [0.15, 0.2) is 36.5 Å². The number of hydrogen-bond acceptors (Lipinski definition) is 8. The van der Waals surface area contributed by atoms with Gasteiger partial charge in [-0.2, -0.15) is 0 Å². The highest BCUT2D eigenvalue weighted by atomic mass is 31.2. The normalized spacial score (nSPS) is 17.5. The van der Waals surface area contributed by atoms with Crippen molar-refractivity contribution in [2.45, 2.75) is 193 Å². The Balaban J connectivity index is 2.30. The summed E-state index contributed by atoms with van der Waals surface area (Å²) < 4.78 is 40.0. The highest BCUT2D eigenvalue weighted by Crippen LogP contribution is 2.43. The standard InChI is InChI=1S/C45H82NO9P/c1-6-8-10-11-12-13-14-15-16-17-22-25-28-32-36-45(48)54-41(40-53-56(49,50)52-38-37-46(3,4)5)39-51-44(47)35-31-27-24-21-19-18-20-23-26-30-34-43-42(55-43)33-29-9-7-2/h18,20-21,24,26,30,41-43H,6-17,19,22-23,25,27-29,31-40H2,1-5H3/p+1/b20-18-,24-21-,30-26-/t41-,42?,43?/m1/s1. The minimum atomic E-state index is -4.39. The molecule has 0 aromatic carbocycles. The van der Waals surface area contributed by atoms with Gasteiger partial charge in [-0.1, -0.05) is 153 Å². The van der Waals surface area contributed by atoms with Crippen LogP contribution < -0.4 is 0 Å². The van der Waals surface area contributed by atoms with Crippen molar-refractivity contribution in [3.05, 3.63) is 36.5 Å². The summed E-state index contributed by atoms with van der Waals surface area (Å²) in [5.41, 5.74) is 0. The monoisotopic (exact) mass is 813 g/mol. The minimum absolute atomic E-state index is 0.0220. The van der Waals surface area contributed by atoms with Crippen molar-refractivity contribution in [3.8, 4) is 0 Å². The molecule has 1 rings (SSSR count). The molecular weight excluding hydrogens is 729 g/mol. The fourth-order valence-corrected chi connectivity index (χ4v) is 6.96. The van der Waals surface area contributed by atoms with Gasteiger partial charge in [0.25, 0.3) is 0 Å². The van der Waals surface area contributed by atoms with Crippen molar-refractivity contribution >= 4 is 19.8 Å². The van der Waals surface area contributed by atoms with Crippen LogP contribution >= 0.6 is 7.82 Å². The molecule has 326 valence electrons. The Morgan fingerprint density at radius 3 is 1.80 bits per heavy atom. The van der Waals surface area contributed by atoms with Crippen LogP contribution in [-0.2, 0) is 37.4 Å². The average molecular weight is 813 g/mol.